The first kappa shape index (κ1) is 9.02. The van der Waals surface area contributed by atoms with Crippen molar-refractivity contribution in [3.63, 3.8) is 0 Å². The molecule has 1 heterocycles. The monoisotopic (exact) mass is 193 g/mol. The Labute approximate surface area is 81.6 Å². The van der Waals surface area contributed by atoms with E-state index in [2.05, 4.69) is 0 Å². The van der Waals surface area contributed by atoms with Crippen molar-refractivity contribution in [2.75, 3.05) is 18.9 Å². The third-order valence-corrected chi connectivity index (χ3v) is 1.95. The Bertz CT molecular complexity index is 330. The van der Waals surface area contributed by atoms with Gasteiger partial charge in [0.1, 0.15) is 12.7 Å². The highest BCUT2D eigenvalue weighted by Gasteiger charge is 2.24. The van der Waals surface area contributed by atoms with Crippen LogP contribution in [0.15, 0.2) is 24.3 Å². The number of hydrogen-bond acceptors (Lipinski definition) is 4. The van der Waals surface area contributed by atoms with Crippen molar-refractivity contribution < 1.29 is 14.3 Å². The minimum atomic E-state index is -0.333. The highest BCUT2D eigenvalue weighted by atomic mass is 16.6. The van der Waals surface area contributed by atoms with Crippen LogP contribution in [0.4, 0.5) is 5.69 Å². The summed E-state index contributed by atoms with van der Waals surface area (Å²) in [5.74, 6) is -0.333. The van der Waals surface area contributed by atoms with Gasteiger partial charge in [0.25, 0.3) is 0 Å². The number of esters is 1. The Morgan fingerprint density at radius 2 is 2.14 bits per heavy atom. The maximum Gasteiger partial charge on any atom is 0.338 e. The second-order valence-electron chi connectivity index (χ2n) is 3.18. The molecule has 1 fully saturated rings. The quantitative estimate of drug-likeness (QED) is 0.438. The van der Waals surface area contributed by atoms with Gasteiger partial charge in [0.2, 0.25) is 0 Å². The largest absolute Gasteiger partial charge is 0.459 e. The lowest BCUT2D eigenvalue weighted by molar-refractivity contribution is 0.0476. The van der Waals surface area contributed by atoms with Gasteiger partial charge in [-0.05, 0) is 24.3 Å². The summed E-state index contributed by atoms with van der Waals surface area (Å²) in [4.78, 5) is 11.4. The predicted molar refractivity (Wildman–Crippen MR) is 50.9 cm³/mol. The summed E-state index contributed by atoms with van der Waals surface area (Å²) >= 11 is 0. The molecule has 1 unspecified atom stereocenters. The van der Waals surface area contributed by atoms with Crippen molar-refractivity contribution in [2.24, 2.45) is 0 Å². The van der Waals surface area contributed by atoms with Crippen molar-refractivity contribution in [1.29, 1.82) is 0 Å². The van der Waals surface area contributed by atoms with Crippen LogP contribution < -0.4 is 5.73 Å². The molecule has 0 bridgehead atoms. The van der Waals surface area contributed by atoms with Gasteiger partial charge in [0, 0.05) is 5.69 Å². The van der Waals surface area contributed by atoms with E-state index in [0.29, 0.717) is 24.5 Å². The molecule has 74 valence electrons. The maximum absolute atomic E-state index is 11.4. The average Bonchev–Trinajstić information content (AvgIpc) is 2.99. The van der Waals surface area contributed by atoms with Crippen LogP contribution in [0.1, 0.15) is 10.4 Å². The molecule has 1 atom stereocenters. The molecule has 2 N–H and O–H groups in total. The van der Waals surface area contributed by atoms with Crippen LogP contribution in [-0.4, -0.2) is 25.3 Å². The van der Waals surface area contributed by atoms with Crippen molar-refractivity contribution in [3.05, 3.63) is 29.8 Å². The Hall–Kier alpha value is -1.55. The van der Waals surface area contributed by atoms with Gasteiger partial charge in [0.05, 0.1) is 12.2 Å². The van der Waals surface area contributed by atoms with Crippen molar-refractivity contribution in [2.45, 2.75) is 6.10 Å². The van der Waals surface area contributed by atoms with Gasteiger partial charge in [-0.3, -0.25) is 0 Å². The molecular formula is C10H11NO3. The number of nitrogens with two attached hydrogens (primary N) is 1. The normalized spacial score (nSPS) is 19.0. The molecule has 0 aliphatic carbocycles. The molecule has 0 aromatic heterocycles. The Balaban J connectivity index is 1.92. The Kier molecular flexibility index (Phi) is 2.37. The molecule has 1 aliphatic rings. The molecular weight excluding hydrogens is 182 g/mol. The zero-order valence-electron chi connectivity index (χ0n) is 7.60. The highest BCUT2D eigenvalue weighted by molar-refractivity contribution is 5.89. The van der Waals surface area contributed by atoms with E-state index >= 15 is 0 Å². The van der Waals surface area contributed by atoms with E-state index in [9.17, 15) is 4.79 Å². The number of carbonyl (C=O) groups is 1. The van der Waals surface area contributed by atoms with Crippen LogP contribution >= 0.6 is 0 Å². The summed E-state index contributed by atoms with van der Waals surface area (Å²) in [6.45, 7) is 1.03. The smallest absolute Gasteiger partial charge is 0.338 e. The number of benzene rings is 1. The fourth-order valence-electron chi connectivity index (χ4n) is 1.04. The molecule has 0 amide bonds. The number of hydrogen-bond donors (Lipinski definition) is 1. The van der Waals surface area contributed by atoms with E-state index in [1.165, 1.54) is 0 Å². The van der Waals surface area contributed by atoms with Crippen LogP contribution in [0.5, 0.6) is 0 Å². The van der Waals surface area contributed by atoms with E-state index in [0.717, 1.165) is 0 Å². The molecule has 2 rings (SSSR count). The van der Waals surface area contributed by atoms with Gasteiger partial charge in [-0.15, -0.1) is 0 Å². The summed E-state index contributed by atoms with van der Waals surface area (Å²) in [6, 6.07) is 6.63. The fraction of sp³-hybridized carbons (Fsp3) is 0.300. The first-order chi connectivity index (χ1) is 6.75. The Morgan fingerprint density at radius 3 is 2.71 bits per heavy atom. The standard InChI is InChI=1S/C10H11NO3/c11-8-3-1-7(2-4-8)10(12)14-6-9-5-13-9/h1-4,9H,5-6,11H2. The molecule has 4 nitrogen and oxygen atoms in total. The van der Waals surface area contributed by atoms with Crippen molar-refractivity contribution in [1.82, 2.24) is 0 Å². The Morgan fingerprint density at radius 1 is 1.50 bits per heavy atom. The summed E-state index contributed by atoms with van der Waals surface area (Å²) in [5, 5.41) is 0. The molecule has 0 radical (unpaired) electrons. The topological polar surface area (TPSA) is 64.9 Å². The van der Waals surface area contributed by atoms with Crippen LogP contribution in [0.2, 0.25) is 0 Å². The van der Waals surface area contributed by atoms with E-state index in [-0.39, 0.29) is 12.1 Å². The first-order valence-corrected chi connectivity index (χ1v) is 4.40. The summed E-state index contributed by atoms with van der Waals surface area (Å²) in [6.07, 6.45) is 0.104. The van der Waals surface area contributed by atoms with Gasteiger partial charge in [-0.2, -0.15) is 0 Å². The molecule has 1 aromatic carbocycles. The number of carbonyl (C=O) groups excluding carboxylic acids is 1. The zero-order valence-corrected chi connectivity index (χ0v) is 7.60. The number of anilines is 1. The second-order valence-corrected chi connectivity index (χ2v) is 3.18. The summed E-state index contributed by atoms with van der Waals surface area (Å²) < 4.78 is 9.90. The molecule has 0 spiro atoms. The number of ether oxygens (including phenoxy) is 2. The highest BCUT2D eigenvalue weighted by Crippen LogP contribution is 2.11. The van der Waals surface area contributed by atoms with Gasteiger partial charge < -0.3 is 15.2 Å². The van der Waals surface area contributed by atoms with E-state index in [4.69, 9.17) is 15.2 Å². The average molecular weight is 193 g/mol. The molecule has 1 saturated heterocycles. The molecule has 1 aliphatic heterocycles. The number of epoxide rings is 1. The lowest BCUT2D eigenvalue weighted by atomic mass is 10.2. The van der Waals surface area contributed by atoms with Gasteiger partial charge in [-0.1, -0.05) is 0 Å². The summed E-state index contributed by atoms with van der Waals surface area (Å²) in [7, 11) is 0. The minimum Gasteiger partial charge on any atom is -0.459 e. The van der Waals surface area contributed by atoms with E-state index in [1.54, 1.807) is 24.3 Å². The van der Waals surface area contributed by atoms with E-state index < -0.39 is 0 Å². The van der Waals surface area contributed by atoms with Gasteiger partial charge in [0.15, 0.2) is 0 Å². The lowest BCUT2D eigenvalue weighted by Gasteiger charge is -2.02. The fourth-order valence-corrected chi connectivity index (χ4v) is 1.04. The minimum absolute atomic E-state index is 0.104. The van der Waals surface area contributed by atoms with E-state index in [1.807, 2.05) is 0 Å². The van der Waals surface area contributed by atoms with Crippen LogP contribution in [-0.2, 0) is 9.47 Å². The zero-order chi connectivity index (χ0) is 9.97. The van der Waals surface area contributed by atoms with Crippen LogP contribution in [0.25, 0.3) is 0 Å². The number of rotatable bonds is 3. The summed E-state index contributed by atoms with van der Waals surface area (Å²) in [5.41, 5.74) is 6.63. The number of nitrogen functional groups attached to an aromatic ring is 1. The van der Waals surface area contributed by atoms with Crippen LogP contribution in [0, 0.1) is 0 Å². The third kappa shape index (κ3) is 2.23. The van der Waals surface area contributed by atoms with Gasteiger partial charge in [-0.25, -0.2) is 4.79 Å². The second kappa shape index (κ2) is 3.67. The van der Waals surface area contributed by atoms with Crippen molar-refractivity contribution in [3.8, 4) is 0 Å². The molecule has 4 heteroatoms. The predicted octanol–water partition coefficient (Wildman–Crippen LogP) is 0.824. The molecule has 14 heavy (non-hydrogen) atoms. The molecule has 1 aromatic rings. The first-order valence-electron chi connectivity index (χ1n) is 4.40. The lowest BCUT2D eigenvalue weighted by Crippen LogP contribution is -2.09. The van der Waals surface area contributed by atoms with Crippen LogP contribution in [0.3, 0.4) is 0 Å². The van der Waals surface area contributed by atoms with Crippen molar-refractivity contribution >= 4 is 11.7 Å². The SMILES string of the molecule is Nc1ccc(C(=O)OCC2CO2)cc1. The maximum atomic E-state index is 11.4. The van der Waals surface area contributed by atoms with Gasteiger partial charge >= 0.3 is 5.97 Å². The molecule has 0 saturated carbocycles. The third-order valence-electron chi connectivity index (χ3n) is 1.95.